The van der Waals surface area contributed by atoms with Gasteiger partial charge in [0.1, 0.15) is 5.75 Å². The van der Waals surface area contributed by atoms with Crippen molar-refractivity contribution in [3.05, 3.63) is 59.7 Å². The highest BCUT2D eigenvalue weighted by Crippen LogP contribution is 2.30. The van der Waals surface area contributed by atoms with Crippen LogP contribution < -0.4 is 4.72 Å². The summed E-state index contributed by atoms with van der Waals surface area (Å²) in [5, 5.41) is 20.9. The van der Waals surface area contributed by atoms with Crippen LogP contribution in [0.25, 0.3) is 0 Å². The van der Waals surface area contributed by atoms with E-state index in [-0.39, 0.29) is 11.4 Å². The Morgan fingerprint density at radius 3 is 2.47 bits per heavy atom. The number of aromatic hydroxyl groups is 1. The molecule has 0 saturated heterocycles. The van der Waals surface area contributed by atoms with Crippen molar-refractivity contribution in [2.75, 3.05) is 24.1 Å². The summed E-state index contributed by atoms with van der Waals surface area (Å²) in [6.45, 7) is 1.33. The van der Waals surface area contributed by atoms with Crippen molar-refractivity contribution in [3.63, 3.8) is 0 Å². The highest BCUT2D eigenvalue weighted by atomic mass is 32.2. The molecule has 0 radical (unpaired) electrons. The minimum atomic E-state index is -3.52. The van der Waals surface area contributed by atoms with Crippen LogP contribution in [0.2, 0.25) is 0 Å². The average molecular weight is 433 g/mol. The van der Waals surface area contributed by atoms with Gasteiger partial charge in [-0.2, -0.15) is 0 Å². The molecule has 0 bridgehead atoms. The number of aliphatic hydroxyl groups excluding tert-OH is 1. The summed E-state index contributed by atoms with van der Waals surface area (Å²) in [7, 11) is -3.52. The lowest BCUT2D eigenvalue weighted by Gasteiger charge is -2.36. The van der Waals surface area contributed by atoms with E-state index in [1.807, 2.05) is 18.2 Å². The van der Waals surface area contributed by atoms with E-state index in [0.717, 1.165) is 32.1 Å². The Labute approximate surface area is 179 Å². The van der Waals surface area contributed by atoms with Gasteiger partial charge >= 0.3 is 0 Å². The van der Waals surface area contributed by atoms with Gasteiger partial charge in [-0.25, -0.2) is 8.42 Å². The van der Waals surface area contributed by atoms with E-state index in [0.29, 0.717) is 18.2 Å². The molecule has 2 aromatic rings. The molecule has 0 aliphatic heterocycles. The van der Waals surface area contributed by atoms with Crippen molar-refractivity contribution in [3.8, 4) is 5.75 Å². The Balaban J connectivity index is 1.73. The number of phenolic OH excluding ortho intramolecular Hbond substituents is 1. The van der Waals surface area contributed by atoms with Gasteiger partial charge in [0, 0.05) is 19.1 Å². The molecule has 0 heterocycles. The van der Waals surface area contributed by atoms with Crippen LogP contribution in [0.4, 0.5) is 5.69 Å². The summed E-state index contributed by atoms with van der Waals surface area (Å²) in [4.78, 5) is 2.37. The van der Waals surface area contributed by atoms with Crippen LogP contribution in [0.1, 0.15) is 49.3 Å². The third-order valence-corrected chi connectivity index (χ3v) is 6.32. The number of nitrogens with one attached hydrogen (secondary N) is 1. The van der Waals surface area contributed by atoms with E-state index in [2.05, 4.69) is 21.8 Å². The highest BCUT2D eigenvalue weighted by molar-refractivity contribution is 7.92. The van der Waals surface area contributed by atoms with Gasteiger partial charge in [0.25, 0.3) is 0 Å². The molecule has 1 unspecified atom stereocenters. The molecule has 1 aliphatic carbocycles. The predicted octanol–water partition coefficient (Wildman–Crippen LogP) is 3.67. The van der Waals surface area contributed by atoms with Gasteiger partial charge in [0.2, 0.25) is 10.0 Å². The lowest BCUT2D eigenvalue weighted by atomic mass is 9.93. The second-order valence-electron chi connectivity index (χ2n) is 8.19. The minimum Gasteiger partial charge on any atom is -0.506 e. The normalized spacial score (nSPS) is 16.5. The van der Waals surface area contributed by atoms with Crippen LogP contribution >= 0.6 is 0 Å². The lowest BCUT2D eigenvalue weighted by molar-refractivity contribution is 0.0735. The first-order valence-corrected chi connectivity index (χ1v) is 12.5. The van der Waals surface area contributed by atoms with Crippen LogP contribution in [0.15, 0.2) is 48.5 Å². The van der Waals surface area contributed by atoms with Gasteiger partial charge in [-0.15, -0.1) is 0 Å². The smallest absolute Gasteiger partial charge is 0.229 e. The van der Waals surface area contributed by atoms with Crippen LogP contribution in [0, 0.1) is 0 Å². The molecule has 30 heavy (non-hydrogen) atoms. The van der Waals surface area contributed by atoms with Crippen LogP contribution in [0.5, 0.6) is 5.75 Å². The number of hydrogen-bond donors (Lipinski definition) is 3. The molecular weight excluding hydrogens is 400 g/mol. The molecule has 1 saturated carbocycles. The molecule has 0 aromatic heterocycles. The Kier molecular flexibility index (Phi) is 7.75. The molecule has 1 fully saturated rings. The largest absolute Gasteiger partial charge is 0.506 e. The summed E-state index contributed by atoms with van der Waals surface area (Å²) in [6.07, 6.45) is 7.14. The second kappa shape index (κ2) is 10.3. The van der Waals surface area contributed by atoms with E-state index in [4.69, 9.17) is 0 Å². The SMILES string of the molecule is CS(=O)(=O)Nc1cc(C(O)CN(CCc2ccccc2)C2CCCCC2)ccc1O. The summed E-state index contributed by atoms with van der Waals surface area (Å²) in [5.74, 6) is -0.162. The Morgan fingerprint density at radius 2 is 1.80 bits per heavy atom. The van der Waals surface area contributed by atoms with Gasteiger partial charge in [0.05, 0.1) is 18.0 Å². The number of aliphatic hydroxyl groups is 1. The van der Waals surface area contributed by atoms with Crippen LogP contribution in [0.3, 0.4) is 0 Å². The van der Waals surface area contributed by atoms with Gasteiger partial charge in [-0.1, -0.05) is 55.7 Å². The third kappa shape index (κ3) is 6.72. The van der Waals surface area contributed by atoms with Gasteiger partial charge in [0.15, 0.2) is 0 Å². The monoisotopic (exact) mass is 432 g/mol. The first-order valence-electron chi connectivity index (χ1n) is 10.6. The van der Waals surface area contributed by atoms with Gasteiger partial charge < -0.3 is 10.2 Å². The van der Waals surface area contributed by atoms with Crippen LogP contribution in [-0.4, -0.2) is 48.9 Å². The standard InChI is InChI=1S/C23H32N2O4S/c1-30(28,29)24-21-16-19(12-13-22(21)26)23(27)17-25(20-10-6-3-7-11-20)15-14-18-8-4-2-5-9-18/h2,4-5,8-9,12-13,16,20,23-24,26-27H,3,6-7,10-11,14-15,17H2,1H3. The van der Waals surface area contributed by atoms with Crippen molar-refractivity contribution < 1.29 is 18.6 Å². The molecule has 6 nitrogen and oxygen atoms in total. The fourth-order valence-corrected chi connectivity index (χ4v) is 4.72. The maximum atomic E-state index is 11.5. The van der Waals surface area contributed by atoms with E-state index in [1.54, 1.807) is 6.07 Å². The zero-order chi connectivity index (χ0) is 21.6. The zero-order valence-corrected chi connectivity index (χ0v) is 18.3. The summed E-state index contributed by atoms with van der Waals surface area (Å²) >= 11 is 0. The number of benzene rings is 2. The maximum absolute atomic E-state index is 11.5. The van der Waals surface area contributed by atoms with E-state index in [9.17, 15) is 18.6 Å². The van der Waals surface area contributed by atoms with E-state index in [1.165, 1.54) is 37.0 Å². The first-order chi connectivity index (χ1) is 14.3. The molecule has 3 rings (SSSR count). The van der Waals surface area contributed by atoms with Crippen molar-refractivity contribution in [2.45, 2.75) is 50.7 Å². The number of anilines is 1. The number of nitrogens with zero attached hydrogens (tertiary/aromatic N) is 1. The molecule has 2 aromatic carbocycles. The van der Waals surface area contributed by atoms with Crippen molar-refractivity contribution >= 4 is 15.7 Å². The van der Waals surface area contributed by atoms with Crippen molar-refractivity contribution in [2.24, 2.45) is 0 Å². The Hall–Kier alpha value is -2.09. The van der Waals surface area contributed by atoms with E-state index >= 15 is 0 Å². The number of hydrogen-bond acceptors (Lipinski definition) is 5. The number of rotatable bonds is 9. The predicted molar refractivity (Wildman–Crippen MR) is 120 cm³/mol. The summed E-state index contributed by atoms with van der Waals surface area (Å²) in [6, 6.07) is 15.4. The van der Waals surface area contributed by atoms with E-state index < -0.39 is 16.1 Å². The molecule has 0 spiro atoms. The second-order valence-corrected chi connectivity index (χ2v) is 9.94. The Bertz CT molecular complexity index is 912. The number of sulfonamides is 1. The fraction of sp³-hybridized carbons (Fsp3) is 0.478. The lowest BCUT2D eigenvalue weighted by Crippen LogP contribution is -2.40. The average Bonchev–Trinajstić information content (AvgIpc) is 2.73. The molecule has 164 valence electrons. The van der Waals surface area contributed by atoms with Crippen molar-refractivity contribution in [1.29, 1.82) is 0 Å². The minimum absolute atomic E-state index is 0.0857. The molecule has 1 aliphatic rings. The molecule has 0 amide bonds. The van der Waals surface area contributed by atoms with Gasteiger partial charge in [-0.3, -0.25) is 9.62 Å². The highest BCUT2D eigenvalue weighted by Gasteiger charge is 2.24. The molecular formula is C23H32N2O4S. The topological polar surface area (TPSA) is 89.9 Å². The quantitative estimate of drug-likeness (QED) is 0.526. The third-order valence-electron chi connectivity index (χ3n) is 5.73. The first kappa shape index (κ1) is 22.6. The fourth-order valence-electron chi connectivity index (χ4n) is 4.16. The summed E-state index contributed by atoms with van der Waals surface area (Å²) in [5.41, 5.74) is 1.94. The van der Waals surface area contributed by atoms with Crippen molar-refractivity contribution in [1.82, 2.24) is 4.90 Å². The zero-order valence-electron chi connectivity index (χ0n) is 17.5. The van der Waals surface area contributed by atoms with Gasteiger partial charge in [-0.05, 0) is 42.5 Å². The summed E-state index contributed by atoms with van der Waals surface area (Å²) < 4.78 is 25.4. The molecule has 3 N–H and O–H groups in total. The number of phenols is 1. The Morgan fingerprint density at radius 1 is 1.10 bits per heavy atom. The van der Waals surface area contributed by atoms with Crippen LogP contribution in [-0.2, 0) is 16.4 Å². The molecule has 1 atom stereocenters. The maximum Gasteiger partial charge on any atom is 0.229 e. The molecule has 7 heteroatoms.